The van der Waals surface area contributed by atoms with Gasteiger partial charge >= 0.3 is 0 Å². The van der Waals surface area contributed by atoms with Gasteiger partial charge in [0.1, 0.15) is 6.54 Å². The average molecular weight is 584 g/mol. The topological polar surface area (TPSA) is 105 Å². The first kappa shape index (κ1) is 27.9. The molecule has 2 aromatic heterocycles. The molecule has 9 nitrogen and oxygen atoms in total. The number of carbonyl (C=O) groups excluding carboxylic acids is 2. The highest BCUT2D eigenvalue weighted by molar-refractivity contribution is 6.31. The second kappa shape index (κ2) is 11.6. The van der Waals surface area contributed by atoms with Gasteiger partial charge in [-0.05, 0) is 86.4 Å². The van der Waals surface area contributed by atoms with E-state index < -0.39 is 5.41 Å². The van der Waals surface area contributed by atoms with E-state index in [1.165, 1.54) is 5.56 Å². The van der Waals surface area contributed by atoms with Crippen molar-refractivity contribution in [3.63, 3.8) is 0 Å². The molecule has 4 heterocycles. The third-order valence-corrected chi connectivity index (χ3v) is 8.70. The lowest BCUT2D eigenvalue weighted by atomic mass is 9.82. The van der Waals surface area contributed by atoms with E-state index in [1.807, 2.05) is 55.3 Å². The molecule has 4 aromatic rings. The lowest BCUT2D eigenvalue weighted by Crippen LogP contribution is -2.39. The molecule has 1 fully saturated rings. The Morgan fingerprint density at radius 3 is 2.62 bits per heavy atom. The highest BCUT2D eigenvalue weighted by Gasteiger charge is 2.39. The molecule has 2 aliphatic heterocycles. The SMILES string of the molecule is CC1(C)C(=O)Nc2cccc(CCc3nc(Nc4ccc(C5CCN(C(=O)Cn6cccn6)CC5)cc4)ncc3Cl)c21. The van der Waals surface area contributed by atoms with Crippen molar-refractivity contribution in [2.75, 3.05) is 23.7 Å². The van der Waals surface area contributed by atoms with Crippen LogP contribution in [0.3, 0.4) is 0 Å². The van der Waals surface area contributed by atoms with Crippen molar-refractivity contribution in [1.82, 2.24) is 24.6 Å². The van der Waals surface area contributed by atoms with Crippen LogP contribution < -0.4 is 10.6 Å². The summed E-state index contributed by atoms with van der Waals surface area (Å²) in [5.41, 5.74) is 5.39. The minimum absolute atomic E-state index is 0.0181. The summed E-state index contributed by atoms with van der Waals surface area (Å²) in [7, 11) is 0. The summed E-state index contributed by atoms with van der Waals surface area (Å²) >= 11 is 6.49. The van der Waals surface area contributed by atoms with Crippen LogP contribution in [0.5, 0.6) is 0 Å². The van der Waals surface area contributed by atoms with E-state index in [1.54, 1.807) is 17.1 Å². The average Bonchev–Trinajstić information content (AvgIpc) is 3.59. The van der Waals surface area contributed by atoms with Crippen molar-refractivity contribution in [1.29, 1.82) is 0 Å². The van der Waals surface area contributed by atoms with Crippen molar-refractivity contribution >= 4 is 40.7 Å². The minimum atomic E-state index is -0.574. The van der Waals surface area contributed by atoms with Gasteiger partial charge in [0.25, 0.3) is 0 Å². The molecule has 42 heavy (non-hydrogen) atoms. The quantitative estimate of drug-likeness (QED) is 0.284. The second-order valence-corrected chi connectivity index (χ2v) is 11.9. The van der Waals surface area contributed by atoms with Crippen LogP contribution in [0.1, 0.15) is 55.0 Å². The Morgan fingerprint density at radius 1 is 1.10 bits per heavy atom. The molecule has 0 atom stereocenters. The number of benzene rings is 2. The fourth-order valence-electron chi connectivity index (χ4n) is 6.00. The maximum absolute atomic E-state index is 12.6. The third kappa shape index (κ3) is 5.74. The van der Waals surface area contributed by atoms with Gasteiger partial charge in [-0.3, -0.25) is 14.3 Å². The predicted molar refractivity (Wildman–Crippen MR) is 163 cm³/mol. The van der Waals surface area contributed by atoms with Gasteiger partial charge in [0.2, 0.25) is 17.8 Å². The van der Waals surface area contributed by atoms with Crippen molar-refractivity contribution in [3.05, 3.63) is 94.5 Å². The van der Waals surface area contributed by atoms with Gasteiger partial charge < -0.3 is 15.5 Å². The van der Waals surface area contributed by atoms with Crippen LogP contribution in [-0.2, 0) is 34.4 Å². The Labute approximate surface area is 250 Å². The Morgan fingerprint density at radius 2 is 1.88 bits per heavy atom. The summed E-state index contributed by atoms with van der Waals surface area (Å²) in [4.78, 5) is 36.1. The summed E-state index contributed by atoms with van der Waals surface area (Å²) < 4.78 is 1.67. The Balaban J connectivity index is 1.06. The van der Waals surface area contributed by atoms with Crippen molar-refractivity contribution in [3.8, 4) is 0 Å². The van der Waals surface area contributed by atoms with Gasteiger partial charge in [0.15, 0.2) is 0 Å². The second-order valence-electron chi connectivity index (χ2n) is 11.5. The zero-order valence-corrected chi connectivity index (χ0v) is 24.6. The van der Waals surface area contributed by atoms with E-state index in [9.17, 15) is 9.59 Å². The van der Waals surface area contributed by atoms with E-state index >= 15 is 0 Å². The van der Waals surface area contributed by atoms with Gasteiger partial charge in [-0.15, -0.1) is 0 Å². The molecular formula is C32H34ClN7O2. The van der Waals surface area contributed by atoms with Crippen molar-refractivity contribution < 1.29 is 9.59 Å². The van der Waals surface area contributed by atoms with Gasteiger partial charge in [0, 0.05) is 36.9 Å². The number of likely N-dealkylation sites (tertiary alicyclic amines) is 1. The zero-order chi connectivity index (χ0) is 29.3. The molecule has 6 rings (SSSR count). The molecule has 0 saturated carbocycles. The number of piperidine rings is 1. The Hall–Kier alpha value is -4.24. The molecule has 0 radical (unpaired) electrons. The highest BCUT2D eigenvalue weighted by Crippen LogP contribution is 2.40. The van der Waals surface area contributed by atoms with Crippen LogP contribution in [0.15, 0.2) is 67.1 Å². The lowest BCUT2D eigenvalue weighted by Gasteiger charge is -2.32. The summed E-state index contributed by atoms with van der Waals surface area (Å²) in [6, 6.07) is 16.2. The maximum Gasteiger partial charge on any atom is 0.244 e. The van der Waals surface area contributed by atoms with E-state index in [4.69, 9.17) is 16.6 Å². The molecule has 2 N–H and O–H groups in total. The molecule has 0 unspecified atom stereocenters. The lowest BCUT2D eigenvalue weighted by molar-refractivity contribution is -0.133. The maximum atomic E-state index is 12.6. The monoisotopic (exact) mass is 583 g/mol. The van der Waals surface area contributed by atoms with Crippen molar-refractivity contribution in [2.45, 2.75) is 57.4 Å². The fraction of sp³-hybridized carbons (Fsp3) is 0.344. The Bertz CT molecular complexity index is 1590. The number of nitrogens with one attached hydrogen (secondary N) is 2. The van der Waals surface area contributed by atoms with Crippen molar-refractivity contribution in [2.24, 2.45) is 0 Å². The van der Waals surface area contributed by atoms with Gasteiger partial charge in [-0.2, -0.15) is 5.10 Å². The molecule has 0 aliphatic carbocycles. The number of fused-ring (bicyclic) bond motifs is 1. The summed E-state index contributed by atoms with van der Waals surface area (Å²) in [6.07, 6.45) is 8.34. The number of carbonyl (C=O) groups is 2. The molecule has 0 spiro atoms. The summed E-state index contributed by atoms with van der Waals surface area (Å²) in [5, 5.41) is 11.0. The van der Waals surface area contributed by atoms with Crippen LogP contribution in [0.25, 0.3) is 0 Å². The number of hydrogen-bond acceptors (Lipinski definition) is 6. The normalized spacial score (nSPS) is 16.3. The van der Waals surface area contributed by atoms with Gasteiger partial charge in [0.05, 0.1) is 22.3 Å². The largest absolute Gasteiger partial charge is 0.341 e. The molecule has 2 aliphatic rings. The third-order valence-electron chi connectivity index (χ3n) is 8.38. The molecule has 216 valence electrons. The summed E-state index contributed by atoms with van der Waals surface area (Å²) in [5.74, 6) is 1.04. The van der Waals surface area contributed by atoms with E-state index in [0.29, 0.717) is 29.7 Å². The molecule has 0 bridgehead atoms. The van der Waals surface area contributed by atoms with Crippen LogP contribution in [0.4, 0.5) is 17.3 Å². The number of hydrogen-bond donors (Lipinski definition) is 2. The first-order valence-electron chi connectivity index (χ1n) is 14.4. The van der Waals surface area contributed by atoms with Gasteiger partial charge in [-0.25, -0.2) is 9.97 Å². The van der Waals surface area contributed by atoms with Gasteiger partial charge in [-0.1, -0.05) is 35.9 Å². The number of aromatic nitrogens is 4. The van der Waals surface area contributed by atoms with E-state index in [-0.39, 0.29) is 18.4 Å². The highest BCUT2D eigenvalue weighted by atomic mass is 35.5. The number of nitrogens with zero attached hydrogens (tertiary/aromatic N) is 5. The zero-order valence-electron chi connectivity index (χ0n) is 23.8. The van der Waals surface area contributed by atoms with Crippen LogP contribution in [0.2, 0.25) is 5.02 Å². The molecule has 10 heteroatoms. The standard InChI is InChI=1S/C32H34ClN7O2/c1-32(2)29-23(5-3-6-27(29)37-30(32)42)9-12-26-25(33)19-34-31(38-26)36-24-10-7-21(8-11-24)22-13-17-39(18-14-22)28(41)20-40-16-4-15-35-40/h3-8,10-11,15-16,19,22H,9,12-14,17-18,20H2,1-2H3,(H,37,42)(H,34,36,38). The van der Waals surface area contributed by atoms with Crippen LogP contribution in [0, 0.1) is 0 Å². The Kier molecular flexibility index (Phi) is 7.68. The van der Waals surface area contributed by atoms with E-state index in [0.717, 1.165) is 54.1 Å². The first-order chi connectivity index (χ1) is 20.3. The number of aryl methyl sites for hydroxylation is 2. The fourth-order valence-corrected chi connectivity index (χ4v) is 6.18. The molecular weight excluding hydrogens is 550 g/mol. The smallest absolute Gasteiger partial charge is 0.244 e. The number of rotatable bonds is 8. The minimum Gasteiger partial charge on any atom is -0.341 e. The number of amides is 2. The first-order valence-corrected chi connectivity index (χ1v) is 14.7. The number of halogens is 1. The number of anilines is 3. The van der Waals surface area contributed by atoms with E-state index in [2.05, 4.69) is 38.9 Å². The molecule has 2 aromatic carbocycles. The van der Waals surface area contributed by atoms with Crippen LogP contribution in [-0.4, -0.2) is 49.6 Å². The summed E-state index contributed by atoms with van der Waals surface area (Å²) in [6.45, 7) is 5.70. The molecule has 1 saturated heterocycles. The molecule has 2 amide bonds. The van der Waals surface area contributed by atoms with Crippen LogP contribution >= 0.6 is 11.6 Å². The predicted octanol–water partition coefficient (Wildman–Crippen LogP) is 5.49.